The maximum absolute atomic E-state index is 10.5. The molecule has 3 nitrogen and oxygen atoms in total. The fourth-order valence-electron chi connectivity index (χ4n) is 2.94. The summed E-state index contributed by atoms with van der Waals surface area (Å²) in [7, 11) is -1.55. The molecule has 0 aliphatic heterocycles. The molecule has 0 aromatic heterocycles. The van der Waals surface area contributed by atoms with Crippen LogP contribution in [-0.2, 0) is 16.1 Å². The van der Waals surface area contributed by atoms with Gasteiger partial charge in [0.25, 0.3) is 0 Å². The van der Waals surface area contributed by atoms with Crippen molar-refractivity contribution in [2.24, 2.45) is 11.8 Å². The Kier molecular flexibility index (Phi) is 9.36. The van der Waals surface area contributed by atoms with Crippen LogP contribution in [0, 0.1) is 11.8 Å². The topological polar surface area (TPSA) is 38.7 Å². The van der Waals surface area contributed by atoms with Gasteiger partial charge in [0, 0.05) is 11.8 Å². The monoisotopic (exact) mass is 362 g/mol. The highest BCUT2D eigenvalue weighted by atomic mass is 28.3. The number of benzene rings is 1. The number of hydrogen-bond donors (Lipinski definition) is 1. The van der Waals surface area contributed by atoms with E-state index in [9.17, 15) is 5.11 Å². The Morgan fingerprint density at radius 2 is 1.80 bits per heavy atom. The van der Waals surface area contributed by atoms with Crippen LogP contribution in [0.25, 0.3) is 0 Å². The van der Waals surface area contributed by atoms with Crippen LogP contribution < -0.4 is 0 Å². The van der Waals surface area contributed by atoms with E-state index in [2.05, 4.69) is 39.2 Å². The number of aliphatic hydroxyl groups excluding tert-OH is 1. The summed E-state index contributed by atoms with van der Waals surface area (Å²) in [6.45, 7) is 16.1. The predicted octanol–water partition coefficient (Wildman–Crippen LogP) is 4.80. The minimum atomic E-state index is -1.55. The Labute approximate surface area is 154 Å². The van der Waals surface area contributed by atoms with Crippen LogP contribution in [0.5, 0.6) is 0 Å². The Hall–Kier alpha value is -1.20. The summed E-state index contributed by atoms with van der Waals surface area (Å²) in [5.74, 6) is 0.179. The van der Waals surface area contributed by atoms with Gasteiger partial charge in [-0.25, -0.2) is 0 Å². The maximum Gasteiger partial charge on any atom is 0.147 e. The molecule has 1 aromatic rings. The average molecular weight is 363 g/mol. The lowest BCUT2D eigenvalue weighted by molar-refractivity contribution is -0.0521. The van der Waals surface area contributed by atoms with Crippen molar-refractivity contribution in [3.05, 3.63) is 59.8 Å². The van der Waals surface area contributed by atoms with Crippen molar-refractivity contribution in [2.45, 2.75) is 46.2 Å². The van der Waals surface area contributed by atoms with Gasteiger partial charge < -0.3 is 14.6 Å². The van der Waals surface area contributed by atoms with E-state index in [0.29, 0.717) is 13.2 Å². The second-order valence-electron chi connectivity index (χ2n) is 7.61. The number of rotatable bonds is 11. The summed E-state index contributed by atoms with van der Waals surface area (Å²) >= 11 is 0. The number of aliphatic hydroxyl groups is 1. The van der Waals surface area contributed by atoms with Gasteiger partial charge in [0.05, 0.1) is 27.4 Å². The van der Waals surface area contributed by atoms with Gasteiger partial charge in [-0.3, -0.25) is 0 Å². The van der Waals surface area contributed by atoms with E-state index in [-0.39, 0.29) is 18.6 Å². The molecule has 0 spiro atoms. The zero-order valence-electron chi connectivity index (χ0n) is 16.4. The van der Waals surface area contributed by atoms with Gasteiger partial charge in [0.2, 0.25) is 0 Å². The largest absolute Gasteiger partial charge is 0.392 e. The van der Waals surface area contributed by atoms with Gasteiger partial charge in [-0.1, -0.05) is 81.2 Å². The van der Waals surface area contributed by atoms with Gasteiger partial charge in [-0.2, -0.15) is 0 Å². The van der Waals surface area contributed by atoms with E-state index in [1.54, 1.807) is 0 Å². The van der Waals surface area contributed by atoms with Crippen molar-refractivity contribution < 1.29 is 14.6 Å². The van der Waals surface area contributed by atoms with Crippen molar-refractivity contribution in [2.75, 3.05) is 13.4 Å². The summed E-state index contributed by atoms with van der Waals surface area (Å²) in [4.78, 5) is 0. The zero-order valence-corrected chi connectivity index (χ0v) is 17.4. The molecule has 0 saturated heterocycles. The third-order valence-corrected chi connectivity index (χ3v) is 6.87. The lowest BCUT2D eigenvalue weighted by Gasteiger charge is -2.32. The first-order valence-electron chi connectivity index (χ1n) is 8.98. The molecular formula is C21H34O3Si. The number of ether oxygens (including phenoxy) is 2. The first-order chi connectivity index (χ1) is 11.8. The fraction of sp³-hybridized carbons (Fsp3) is 0.524. The Balaban J connectivity index is 2.52. The predicted molar refractivity (Wildman–Crippen MR) is 108 cm³/mol. The minimum absolute atomic E-state index is 0.0740. The molecule has 0 amide bonds. The van der Waals surface area contributed by atoms with Gasteiger partial charge in [-0.15, -0.1) is 6.58 Å². The summed E-state index contributed by atoms with van der Waals surface area (Å²) in [5, 5.41) is 11.9. The van der Waals surface area contributed by atoms with Gasteiger partial charge in [0.15, 0.2) is 0 Å². The van der Waals surface area contributed by atoms with E-state index in [1.165, 1.54) is 5.20 Å². The van der Waals surface area contributed by atoms with Gasteiger partial charge in [-0.05, 0) is 5.56 Å². The molecule has 1 aromatic carbocycles. The summed E-state index contributed by atoms with van der Waals surface area (Å²) < 4.78 is 11.2. The van der Waals surface area contributed by atoms with E-state index in [4.69, 9.17) is 9.47 Å². The zero-order chi connectivity index (χ0) is 18.9. The van der Waals surface area contributed by atoms with Crippen molar-refractivity contribution in [1.82, 2.24) is 0 Å². The first-order valence-corrected chi connectivity index (χ1v) is 12.5. The molecule has 0 saturated carbocycles. The van der Waals surface area contributed by atoms with Crippen LogP contribution in [0.2, 0.25) is 19.6 Å². The first kappa shape index (κ1) is 21.8. The smallest absolute Gasteiger partial charge is 0.147 e. The highest BCUT2D eigenvalue weighted by Crippen LogP contribution is 2.28. The van der Waals surface area contributed by atoms with E-state index < -0.39 is 14.2 Å². The van der Waals surface area contributed by atoms with Crippen LogP contribution >= 0.6 is 0 Å². The van der Waals surface area contributed by atoms with Crippen molar-refractivity contribution in [3.8, 4) is 0 Å². The Morgan fingerprint density at radius 1 is 1.16 bits per heavy atom. The summed E-state index contributed by atoms with van der Waals surface area (Å²) in [5.41, 5.74) is 1.14. The second-order valence-corrected chi connectivity index (χ2v) is 12.7. The highest BCUT2D eigenvalue weighted by Gasteiger charge is 2.30. The molecule has 0 heterocycles. The molecule has 25 heavy (non-hydrogen) atoms. The molecule has 3 atom stereocenters. The third-order valence-electron chi connectivity index (χ3n) is 4.48. The molecule has 0 unspecified atom stereocenters. The molecular weight excluding hydrogens is 328 g/mol. The standard InChI is InChI=1S/C21H34O3Si/c1-7-17(2)21(22)18(3)20(25(4,5)6)13-14-23-16-24-15-19-11-9-8-10-12-19/h7-13,17-18,21-22H,1,14-16H2,2-6H3/b20-13-/t17-,18+,21-/m1/s1. The molecule has 1 N–H and O–H groups in total. The van der Waals surface area contributed by atoms with Crippen LogP contribution in [0.4, 0.5) is 0 Å². The Bertz CT molecular complexity index is 534. The normalized spacial score (nSPS) is 16.3. The molecule has 4 heteroatoms. The van der Waals surface area contributed by atoms with Crippen LogP contribution in [-0.4, -0.2) is 32.7 Å². The van der Waals surface area contributed by atoms with Crippen molar-refractivity contribution in [3.63, 3.8) is 0 Å². The van der Waals surface area contributed by atoms with E-state index >= 15 is 0 Å². The van der Waals surface area contributed by atoms with Crippen molar-refractivity contribution in [1.29, 1.82) is 0 Å². The molecule has 140 valence electrons. The maximum atomic E-state index is 10.5. The SMILES string of the molecule is C=C[C@@H](C)[C@@H](O)[C@@H](C)/C(=C/COCOCc1ccccc1)[Si](C)(C)C. The van der Waals surface area contributed by atoms with E-state index in [1.807, 2.05) is 43.3 Å². The average Bonchev–Trinajstić information content (AvgIpc) is 2.59. The Morgan fingerprint density at radius 3 is 2.36 bits per heavy atom. The molecule has 0 bridgehead atoms. The minimum Gasteiger partial charge on any atom is -0.392 e. The number of hydrogen-bond acceptors (Lipinski definition) is 3. The second kappa shape index (κ2) is 10.7. The van der Waals surface area contributed by atoms with Crippen LogP contribution in [0.1, 0.15) is 19.4 Å². The molecule has 0 fully saturated rings. The molecule has 0 aliphatic carbocycles. The van der Waals surface area contributed by atoms with Crippen LogP contribution in [0.3, 0.4) is 0 Å². The lowest BCUT2D eigenvalue weighted by Crippen LogP contribution is -2.36. The lowest BCUT2D eigenvalue weighted by atomic mass is 9.93. The van der Waals surface area contributed by atoms with Gasteiger partial charge in [0.1, 0.15) is 6.79 Å². The molecule has 1 rings (SSSR count). The quantitative estimate of drug-likeness (QED) is 0.266. The van der Waals surface area contributed by atoms with Gasteiger partial charge >= 0.3 is 0 Å². The van der Waals surface area contributed by atoms with Crippen LogP contribution in [0.15, 0.2) is 54.3 Å². The van der Waals surface area contributed by atoms with Crippen molar-refractivity contribution >= 4 is 8.07 Å². The third kappa shape index (κ3) is 7.69. The summed E-state index contributed by atoms with van der Waals surface area (Å²) in [6, 6.07) is 10.1. The van der Waals surface area contributed by atoms with E-state index in [0.717, 1.165) is 5.56 Å². The highest BCUT2D eigenvalue weighted by molar-refractivity contribution is 6.83. The molecule has 0 aliphatic rings. The summed E-state index contributed by atoms with van der Waals surface area (Å²) in [6.07, 6.45) is 3.54. The molecule has 0 radical (unpaired) electrons. The fourth-order valence-corrected chi connectivity index (χ4v) is 5.18.